The molecule has 0 unspecified atom stereocenters. The largest absolute Gasteiger partial charge is 0.302 e. The van der Waals surface area contributed by atoms with Crippen molar-refractivity contribution in [3.63, 3.8) is 0 Å². The van der Waals surface area contributed by atoms with Crippen LogP contribution in [0.4, 0.5) is 5.13 Å². The van der Waals surface area contributed by atoms with E-state index in [0.717, 1.165) is 35.4 Å². The smallest absolute Gasteiger partial charge is 0.266 e. The lowest BCUT2D eigenvalue weighted by molar-refractivity contribution is -0.122. The van der Waals surface area contributed by atoms with E-state index in [1.807, 2.05) is 53.2 Å². The van der Waals surface area contributed by atoms with E-state index in [1.165, 1.54) is 23.1 Å². The molecule has 1 saturated heterocycles. The molecule has 2 amide bonds. The molecule has 0 aliphatic carbocycles. The zero-order valence-electron chi connectivity index (χ0n) is 17.5. The molecule has 1 aliphatic rings. The SMILES string of the molecule is O=C(CCCCCN1C(=O)/C(=C/c2cccs2)SC1=S)Nc1nc(-c2ccc(Cl)cc2)cs1. The standard InChI is InChI=1S/C23H20ClN3O2S4/c24-16-9-7-15(8-10-16)18-14-32-22(25-18)26-20(28)6-2-1-3-11-27-21(29)19(33-23(27)30)13-17-5-4-12-31-17/h4-5,7-10,12-14H,1-3,6,11H2,(H,25,26,28)/b19-13-. The van der Waals surface area contributed by atoms with Crippen LogP contribution in [-0.2, 0) is 9.59 Å². The molecule has 5 nitrogen and oxygen atoms in total. The number of hydrogen-bond acceptors (Lipinski definition) is 7. The summed E-state index contributed by atoms with van der Waals surface area (Å²) in [5, 5.41) is 8.01. The quantitative estimate of drug-likeness (QED) is 0.184. The van der Waals surface area contributed by atoms with Crippen molar-refractivity contribution >= 4 is 85.6 Å². The normalized spacial score (nSPS) is 14.9. The predicted molar refractivity (Wildman–Crippen MR) is 144 cm³/mol. The number of carbonyl (C=O) groups is 2. The summed E-state index contributed by atoms with van der Waals surface area (Å²) < 4.78 is 0.598. The van der Waals surface area contributed by atoms with Crippen LogP contribution < -0.4 is 5.32 Å². The van der Waals surface area contributed by atoms with Crippen LogP contribution >= 0.6 is 58.3 Å². The van der Waals surface area contributed by atoms with Crippen LogP contribution in [0.15, 0.2) is 52.1 Å². The lowest BCUT2D eigenvalue weighted by atomic mass is 10.2. The number of anilines is 1. The fourth-order valence-corrected chi connectivity index (χ4v) is 6.09. The number of thiocarbonyl (C=S) groups is 1. The molecule has 3 aromatic rings. The minimum absolute atomic E-state index is 0.0311. The van der Waals surface area contributed by atoms with Crippen LogP contribution in [-0.4, -0.2) is 32.6 Å². The van der Waals surface area contributed by atoms with E-state index in [-0.39, 0.29) is 11.8 Å². The molecule has 10 heteroatoms. The molecule has 1 fully saturated rings. The van der Waals surface area contributed by atoms with Gasteiger partial charge in [-0.25, -0.2) is 4.98 Å². The van der Waals surface area contributed by atoms with Gasteiger partial charge in [-0.1, -0.05) is 60.2 Å². The number of thioether (sulfide) groups is 1. The van der Waals surface area contributed by atoms with Gasteiger partial charge in [0.05, 0.1) is 10.6 Å². The lowest BCUT2D eigenvalue weighted by Crippen LogP contribution is -2.29. The molecule has 0 bridgehead atoms. The number of unbranched alkanes of at least 4 members (excludes halogenated alkanes) is 2. The zero-order valence-corrected chi connectivity index (χ0v) is 21.5. The second kappa shape index (κ2) is 11.4. The Morgan fingerprint density at radius 3 is 2.73 bits per heavy atom. The average molecular weight is 534 g/mol. The summed E-state index contributed by atoms with van der Waals surface area (Å²) in [5.41, 5.74) is 1.76. The Labute approximate surface area is 214 Å². The number of amides is 2. The topological polar surface area (TPSA) is 62.3 Å². The van der Waals surface area contributed by atoms with Gasteiger partial charge in [0.15, 0.2) is 5.13 Å². The lowest BCUT2D eigenvalue weighted by Gasteiger charge is -2.13. The maximum Gasteiger partial charge on any atom is 0.266 e. The Bertz CT molecular complexity index is 1170. The minimum Gasteiger partial charge on any atom is -0.302 e. The van der Waals surface area contributed by atoms with Crippen LogP contribution in [0.25, 0.3) is 17.3 Å². The summed E-state index contributed by atoms with van der Waals surface area (Å²) in [7, 11) is 0. The van der Waals surface area contributed by atoms with Crippen LogP contribution in [0.1, 0.15) is 30.6 Å². The number of hydrogen-bond donors (Lipinski definition) is 1. The number of benzene rings is 1. The Kier molecular flexibility index (Phi) is 8.32. The molecular formula is C23H20ClN3O2S4. The molecule has 33 heavy (non-hydrogen) atoms. The number of carbonyl (C=O) groups excluding carboxylic acids is 2. The van der Waals surface area contributed by atoms with Crippen molar-refractivity contribution < 1.29 is 9.59 Å². The minimum atomic E-state index is -0.0588. The van der Waals surface area contributed by atoms with Crippen molar-refractivity contribution in [3.8, 4) is 11.3 Å². The molecule has 170 valence electrons. The Morgan fingerprint density at radius 2 is 1.97 bits per heavy atom. The molecule has 1 aromatic carbocycles. The van der Waals surface area contributed by atoms with E-state index in [4.69, 9.17) is 23.8 Å². The first-order chi connectivity index (χ1) is 16.0. The maximum absolute atomic E-state index is 12.6. The van der Waals surface area contributed by atoms with Gasteiger partial charge >= 0.3 is 0 Å². The third-order valence-corrected chi connectivity index (χ3v) is 8.07. The van der Waals surface area contributed by atoms with Gasteiger partial charge < -0.3 is 5.32 Å². The number of nitrogens with zero attached hydrogens (tertiary/aromatic N) is 2. The molecule has 0 spiro atoms. The maximum atomic E-state index is 12.6. The highest BCUT2D eigenvalue weighted by Gasteiger charge is 2.31. The van der Waals surface area contributed by atoms with Crippen LogP contribution in [0.2, 0.25) is 5.02 Å². The molecule has 1 aliphatic heterocycles. The summed E-state index contributed by atoms with van der Waals surface area (Å²) in [6.07, 6.45) is 4.67. The van der Waals surface area contributed by atoms with Crippen molar-refractivity contribution in [3.05, 3.63) is 62.0 Å². The van der Waals surface area contributed by atoms with Gasteiger partial charge in [-0.2, -0.15) is 0 Å². The van der Waals surface area contributed by atoms with E-state index in [1.54, 1.807) is 16.2 Å². The molecule has 3 heterocycles. The van der Waals surface area contributed by atoms with Gasteiger partial charge in [0.1, 0.15) is 4.32 Å². The van der Waals surface area contributed by atoms with Gasteiger partial charge in [0, 0.05) is 33.8 Å². The third kappa shape index (κ3) is 6.51. The Morgan fingerprint density at radius 1 is 1.15 bits per heavy atom. The van der Waals surface area contributed by atoms with Gasteiger partial charge in [-0.05, 0) is 42.5 Å². The first-order valence-corrected chi connectivity index (χ1v) is 13.7. The van der Waals surface area contributed by atoms with Crippen molar-refractivity contribution in [2.24, 2.45) is 0 Å². The van der Waals surface area contributed by atoms with Crippen molar-refractivity contribution in [2.45, 2.75) is 25.7 Å². The van der Waals surface area contributed by atoms with Crippen LogP contribution in [0.3, 0.4) is 0 Å². The molecule has 0 atom stereocenters. The highest BCUT2D eigenvalue weighted by molar-refractivity contribution is 8.26. The van der Waals surface area contributed by atoms with Crippen molar-refractivity contribution in [1.29, 1.82) is 0 Å². The number of halogens is 1. The molecular weight excluding hydrogens is 514 g/mol. The Hall–Kier alpha value is -2.04. The van der Waals surface area contributed by atoms with Crippen molar-refractivity contribution in [1.82, 2.24) is 9.88 Å². The second-order valence-corrected chi connectivity index (χ2v) is 11.2. The molecule has 0 radical (unpaired) electrons. The van der Waals surface area contributed by atoms with E-state index < -0.39 is 0 Å². The summed E-state index contributed by atoms with van der Waals surface area (Å²) in [4.78, 5) is 32.7. The number of thiophene rings is 1. The van der Waals surface area contributed by atoms with E-state index >= 15 is 0 Å². The number of aromatic nitrogens is 1. The van der Waals surface area contributed by atoms with E-state index in [0.29, 0.717) is 32.3 Å². The van der Waals surface area contributed by atoms with Gasteiger partial charge in [-0.3, -0.25) is 14.5 Å². The average Bonchev–Trinajstić information content (AvgIpc) is 3.52. The molecule has 4 rings (SSSR count). The predicted octanol–water partition coefficient (Wildman–Crippen LogP) is 6.93. The fraction of sp³-hybridized carbons (Fsp3) is 0.217. The first-order valence-electron chi connectivity index (χ1n) is 10.3. The first kappa shape index (κ1) is 24.1. The van der Waals surface area contributed by atoms with Gasteiger partial charge in [0.25, 0.3) is 5.91 Å². The second-order valence-electron chi connectivity index (χ2n) is 7.25. The molecule has 0 saturated carbocycles. The van der Waals surface area contributed by atoms with Gasteiger partial charge in [0.2, 0.25) is 5.91 Å². The van der Waals surface area contributed by atoms with E-state index in [2.05, 4.69) is 10.3 Å². The Balaban J connectivity index is 1.18. The summed E-state index contributed by atoms with van der Waals surface area (Å²) in [6, 6.07) is 11.4. The number of thiazole rings is 1. The van der Waals surface area contributed by atoms with Crippen molar-refractivity contribution in [2.75, 3.05) is 11.9 Å². The molecule has 2 aromatic heterocycles. The summed E-state index contributed by atoms with van der Waals surface area (Å²) in [5.74, 6) is -0.0899. The van der Waals surface area contributed by atoms with Gasteiger partial charge in [-0.15, -0.1) is 22.7 Å². The van der Waals surface area contributed by atoms with Crippen LogP contribution in [0.5, 0.6) is 0 Å². The molecule has 1 N–H and O–H groups in total. The number of rotatable bonds is 9. The monoisotopic (exact) mass is 533 g/mol. The highest BCUT2D eigenvalue weighted by atomic mass is 35.5. The third-order valence-electron chi connectivity index (χ3n) is 4.87. The van der Waals surface area contributed by atoms with Crippen LogP contribution in [0, 0.1) is 0 Å². The van der Waals surface area contributed by atoms with E-state index in [9.17, 15) is 9.59 Å². The summed E-state index contributed by atoms with van der Waals surface area (Å²) >= 11 is 15.6. The number of nitrogens with one attached hydrogen (secondary N) is 1. The zero-order chi connectivity index (χ0) is 23.2. The highest BCUT2D eigenvalue weighted by Crippen LogP contribution is 2.33. The fourth-order valence-electron chi connectivity index (χ4n) is 3.19. The summed E-state index contributed by atoms with van der Waals surface area (Å²) in [6.45, 7) is 0.574.